The summed E-state index contributed by atoms with van der Waals surface area (Å²) in [7, 11) is 3.13. The van der Waals surface area contributed by atoms with E-state index >= 15 is 0 Å². The molecule has 0 radical (unpaired) electrons. The third-order valence-electron chi connectivity index (χ3n) is 5.81. The Hall–Kier alpha value is -3.07. The number of methoxy groups -OCH3 is 2. The molecule has 9 nitrogen and oxygen atoms in total. The molecule has 1 aliphatic heterocycles. The Morgan fingerprint density at radius 1 is 1.24 bits per heavy atom. The molecule has 1 atom stereocenters. The lowest BCUT2D eigenvalue weighted by molar-refractivity contribution is 0.0688. The third kappa shape index (κ3) is 4.29. The maximum absolute atomic E-state index is 13.2. The number of fused-ring (bicyclic) bond motifs is 3. The summed E-state index contributed by atoms with van der Waals surface area (Å²) >= 11 is 0. The highest BCUT2D eigenvalue weighted by atomic mass is 16.5. The van der Waals surface area contributed by atoms with Crippen LogP contribution in [0.15, 0.2) is 16.9 Å². The summed E-state index contributed by atoms with van der Waals surface area (Å²) < 4.78 is 24.4. The Morgan fingerprint density at radius 3 is 2.55 bits per heavy atom. The fourth-order valence-corrected chi connectivity index (χ4v) is 4.13. The van der Waals surface area contributed by atoms with Crippen molar-refractivity contribution in [3.05, 3.63) is 33.6 Å². The fraction of sp³-hybridized carbons (Fsp3) is 0.542. The summed E-state index contributed by atoms with van der Waals surface area (Å²) in [4.78, 5) is 29.7. The van der Waals surface area contributed by atoms with E-state index in [9.17, 15) is 14.7 Å². The molecule has 0 spiro atoms. The van der Waals surface area contributed by atoms with Crippen LogP contribution in [0.3, 0.4) is 0 Å². The lowest BCUT2D eigenvalue weighted by atomic mass is 9.81. The number of aromatic carboxylic acids is 1. The van der Waals surface area contributed by atoms with E-state index in [4.69, 9.17) is 18.9 Å². The fourth-order valence-electron chi connectivity index (χ4n) is 4.13. The van der Waals surface area contributed by atoms with Gasteiger partial charge in [0.05, 0.1) is 19.4 Å². The van der Waals surface area contributed by atoms with Crippen molar-refractivity contribution in [2.75, 3.05) is 27.4 Å². The van der Waals surface area contributed by atoms with Gasteiger partial charge in [-0.2, -0.15) is 0 Å². The molecule has 4 rings (SSSR count). The molecule has 1 aliphatic carbocycles. The van der Waals surface area contributed by atoms with Crippen molar-refractivity contribution in [2.24, 2.45) is 5.41 Å². The van der Waals surface area contributed by atoms with Crippen molar-refractivity contribution in [1.82, 2.24) is 9.55 Å². The second-order valence-corrected chi connectivity index (χ2v) is 9.47. The Labute approximate surface area is 192 Å². The summed E-state index contributed by atoms with van der Waals surface area (Å²) in [5.74, 6) is -0.0687. The summed E-state index contributed by atoms with van der Waals surface area (Å²) in [6.07, 6.45) is 1.83. The van der Waals surface area contributed by atoms with Crippen LogP contribution in [0.4, 0.5) is 0 Å². The molecule has 0 aromatic carbocycles. The Morgan fingerprint density at radius 2 is 1.97 bits per heavy atom. The lowest BCUT2D eigenvalue weighted by Gasteiger charge is -2.37. The highest BCUT2D eigenvalue weighted by Gasteiger charge is 2.41. The predicted octanol–water partition coefficient (Wildman–Crippen LogP) is 3.85. The van der Waals surface area contributed by atoms with Crippen LogP contribution in [-0.4, -0.2) is 48.1 Å². The SMILES string of the molecule is COCCCOc1cc2c(nc1OC)-c1c(cc(C(=O)O)c(=O)n1C1CC1)[C@H](C(C)(C)C)O2. The summed E-state index contributed by atoms with van der Waals surface area (Å²) in [6.45, 7) is 7.02. The molecule has 178 valence electrons. The van der Waals surface area contributed by atoms with Crippen LogP contribution in [-0.2, 0) is 4.74 Å². The Balaban J connectivity index is 1.93. The first kappa shape index (κ1) is 23.1. The molecule has 9 heteroatoms. The number of carbonyl (C=O) groups is 1. The van der Waals surface area contributed by atoms with E-state index in [2.05, 4.69) is 4.98 Å². The van der Waals surface area contributed by atoms with Crippen molar-refractivity contribution in [2.45, 2.75) is 52.2 Å². The monoisotopic (exact) mass is 458 g/mol. The molecule has 0 unspecified atom stereocenters. The molecule has 2 aromatic heterocycles. The second kappa shape index (κ2) is 8.70. The molecule has 2 aliphatic rings. The largest absolute Gasteiger partial charge is 0.488 e. The zero-order chi connectivity index (χ0) is 23.9. The zero-order valence-electron chi connectivity index (χ0n) is 19.6. The van der Waals surface area contributed by atoms with Gasteiger partial charge in [-0.1, -0.05) is 20.8 Å². The van der Waals surface area contributed by atoms with Crippen molar-refractivity contribution in [3.8, 4) is 28.8 Å². The number of nitrogens with zero attached hydrogens (tertiary/aromatic N) is 2. The van der Waals surface area contributed by atoms with Gasteiger partial charge in [0.2, 0.25) is 0 Å². The van der Waals surface area contributed by atoms with Crippen LogP contribution in [0.25, 0.3) is 11.4 Å². The molecular formula is C24H30N2O7. The number of hydrogen-bond acceptors (Lipinski definition) is 7. The van der Waals surface area contributed by atoms with Gasteiger partial charge in [0, 0.05) is 43.2 Å². The van der Waals surface area contributed by atoms with Gasteiger partial charge in [0.25, 0.3) is 11.4 Å². The van der Waals surface area contributed by atoms with Gasteiger partial charge in [-0.25, -0.2) is 9.78 Å². The minimum Gasteiger partial charge on any atom is -0.488 e. The highest BCUT2D eigenvalue weighted by Crippen LogP contribution is 2.51. The standard InChI is InChI=1S/C24H30N2O7/c1-24(2,3)20-14-11-15(23(28)29)22(27)26(13-7-8-13)19(14)18-16(33-20)12-17(21(25-18)31-5)32-10-6-9-30-4/h11-13,20H,6-10H2,1-5H3,(H,28,29)/t20-/m1/s1. The van der Waals surface area contributed by atoms with Crippen molar-refractivity contribution in [3.63, 3.8) is 0 Å². The number of hydrogen-bond donors (Lipinski definition) is 1. The first-order valence-corrected chi connectivity index (χ1v) is 11.1. The number of ether oxygens (including phenoxy) is 4. The van der Waals surface area contributed by atoms with Gasteiger partial charge in [-0.3, -0.25) is 4.79 Å². The topological polar surface area (TPSA) is 109 Å². The highest BCUT2D eigenvalue weighted by molar-refractivity contribution is 5.88. The molecule has 1 N–H and O–H groups in total. The first-order chi connectivity index (χ1) is 15.7. The molecule has 1 fully saturated rings. The van der Waals surface area contributed by atoms with Gasteiger partial charge < -0.3 is 28.6 Å². The smallest absolute Gasteiger partial charge is 0.341 e. The molecule has 2 aromatic rings. The molecule has 0 bridgehead atoms. The van der Waals surface area contributed by atoms with Crippen molar-refractivity contribution in [1.29, 1.82) is 0 Å². The van der Waals surface area contributed by atoms with Crippen molar-refractivity contribution < 1.29 is 28.8 Å². The maximum Gasteiger partial charge on any atom is 0.341 e. The quantitative estimate of drug-likeness (QED) is 0.594. The molecular weight excluding hydrogens is 428 g/mol. The summed E-state index contributed by atoms with van der Waals surface area (Å²) in [5.41, 5.74) is 0.525. The van der Waals surface area contributed by atoms with Gasteiger partial charge in [-0.05, 0) is 18.9 Å². The number of carboxylic acids is 1. The van der Waals surface area contributed by atoms with E-state index in [0.29, 0.717) is 48.1 Å². The Kier molecular flexibility index (Phi) is 6.09. The van der Waals surface area contributed by atoms with Crippen LogP contribution in [0, 0.1) is 5.41 Å². The van der Waals surface area contributed by atoms with E-state index in [1.54, 1.807) is 17.7 Å². The Bertz CT molecular complexity index is 1130. The van der Waals surface area contributed by atoms with Crippen LogP contribution < -0.4 is 19.8 Å². The number of aromatic nitrogens is 2. The maximum atomic E-state index is 13.2. The van der Waals surface area contributed by atoms with Gasteiger partial charge in [-0.15, -0.1) is 0 Å². The second-order valence-electron chi connectivity index (χ2n) is 9.47. The van der Waals surface area contributed by atoms with Crippen LogP contribution >= 0.6 is 0 Å². The summed E-state index contributed by atoms with van der Waals surface area (Å²) in [6, 6.07) is 3.12. The number of rotatable bonds is 8. The molecule has 1 saturated carbocycles. The van der Waals surface area contributed by atoms with Gasteiger partial charge >= 0.3 is 5.97 Å². The first-order valence-electron chi connectivity index (χ1n) is 11.1. The van der Waals surface area contributed by atoms with Gasteiger partial charge in [0.15, 0.2) is 11.5 Å². The average Bonchev–Trinajstić information content (AvgIpc) is 3.59. The minimum absolute atomic E-state index is 0.0603. The third-order valence-corrected chi connectivity index (χ3v) is 5.81. The summed E-state index contributed by atoms with van der Waals surface area (Å²) in [5, 5.41) is 9.70. The zero-order valence-corrected chi connectivity index (χ0v) is 19.6. The van der Waals surface area contributed by atoms with E-state index in [0.717, 1.165) is 12.8 Å². The molecule has 0 amide bonds. The number of carboxylic acid groups (broad SMARTS) is 1. The lowest BCUT2D eigenvalue weighted by Crippen LogP contribution is -2.34. The van der Waals surface area contributed by atoms with Crippen LogP contribution in [0.5, 0.6) is 17.4 Å². The molecule has 0 saturated heterocycles. The van der Waals surface area contributed by atoms with Crippen LogP contribution in [0.2, 0.25) is 0 Å². The minimum atomic E-state index is -1.25. The van der Waals surface area contributed by atoms with E-state index in [-0.39, 0.29) is 22.9 Å². The molecule has 3 heterocycles. The van der Waals surface area contributed by atoms with E-state index in [1.165, 1.54) is 13.2 Å². The number of pyridine rings is 2. The van der Waals surface area contributed by atoms with Gasteiger partial charge in [0.1, 0.15) is 17.4 Å². The van der Waals surface area contributed by atoms with E-state index < -0.39 is 17.6 Å². The normalized spacial score (nSPS) is 17.1. The predicted molar refractivity (Wildman–Crippen MR) is 121 cm³/mol. The van der Waals surface area contributed by atoms with Crippen molar-refractivity contribution >= 4 is 5.97 Å². The molecule has 33 heavy (non-hydrogen) atoms. The average molecular weight is 459 g/mol. The van der Waals surface area contributed by atoms with E-state index in [1.807, 2.05) is 20.8 Å². The van der Waals surface area contributed by atoms with Crippen LogP contribution in [0.1, 0.15) is 68.1 Å².